The van der Waals surface area contributed by atoms with Gasteiger partial charge in [-0.3, -0.25) is 0 Å². The largest absolute Gasteiger partial charge is 0.399 e. The minimum absolute atomic E-state index is 0.0580. The number of sulfone groups is 1. The van der Waals surface area contributed by atoms with Gasteiger partial charge < -0.3 is 5.73 Å². The average molecular weight is 305 g/mol. The third-order valence-electron chi connectivity index (χ3n) is 3.44. The van der Waals surface area contributed by atoms with E-state index in [9.17, 15) is 8.42 Å². The molecule has 0 bridgehead atoms. The first-order valence-corrected chi connectivity index (χ1v) is 9.00. The summed E-state index contributed by atoms with van der Waals surface area (Å²) in [5, 5.41) is 0. The van der Waals surface area contributed by atoms with Crippen molar-refractivity contribution in [1.29, 1.82) is 0 Å². The van der Waals surface area contributed by atoms with Crippen molar-refractivity contribution in [2.45, 2.75) is 15.7 Å². The third kappa shape index (κ3) is 2.55. The Morgan fingerprint density at radius 1 is 1.15 bits per heavy atom. The van der Waals surface area contributed by atoms with Gasteiger partial charge >= 0.3 is 0 Å². The summed E-state index contributed by atoms with van der Waals surface area (Å²) in [6, 6.07) is 14.5. The molecule has 2 N–H and O–H groups in total. The number of rotatable bonds is 3. The molecule has 20 heavy (non-hydrogen) atoms. The number of thioether (sulfide) groups is 1. The molecule has 0 radical (unpaired) electrons. The Bertz CT molecular complexity index is 741. The average Bonchev–Trinajstić information content (AvgIpc) is 2.82. The summed E-state index contributed by atoms with van der Waals surface area (Å²) in [7, 11) is -3.30. The monoisotopic (exact) mass is 305 g/mol. The number of benzene rings is 2. The fourth-order valence-electron chi connectivity index (χ4n) is 2.44. The first kappa shape index (κ1) is 13.5. The van der Waals surface area contributed by atoms with Gasteiger partial charge in [-0.1, -0.05) is 24.3 Å². The van der Waals surface area contributed by atoms with Crippen LogP contribution < -0.4 is 5.73 Å². The van der Waals surface area contributed by atoms with Gasteiger partial charge in [-0.15, -0.1) is 11.8 Å². The quantitative estimate of drug-likeness (QED) is 0.886. The van der Waals surface area contributed by atoms with E-state index in [1.165, 1.54) is 11.0 Å². The summed E-state index contributed by atoms with van der Waals surface area (Å²) in [6.45, 7) is 0. The molecule has 104 valence electrons. The van der Waals surface area contributed by atoms with Gasteiger partial charge in [0.15, 0.2) is 9.84 Å². The molecule has 0 aromatic heterocycles. The van der Waals surface area contributed by atoms with Crippen molar-refractivity contribution in [3.8, 4) is 0 Å². The number of nitrogens with two attached hydrogens (primary N) is 1. The molecule has 0 saturated heterocycles. The van der Waals surface area contributed by atoms with Gasteiger partial charge in [0.1, 0.15) is 0 Å². The molecular weight excluding hydrogens is 290 g/mol. The molecule has 1 heterocycles. The molecule has 5 heteroatoms. The lowest BCUT2D eigenvalue weighted by Gasteiger charge is -2.11. The first-order valence-electron chi connectivity index (χ1n) is 6.36. The molecule has 1 atom stereocenters. The number of anilines is 1. The van der Waals surface area contributed by atoms with E-state index in [-0.39, 0.29) is 11.7 Å². The lowest BCUT2D eigenvalue weighted by atomic mass is 10.0. The van der Waals surface area contributed by atoms with Gasteiger partial charge in [-0.05, 0) is 29.8 Å². The predicted molar refractivity (Wildman–Crippen MR) is 82.8 cm³/mol. The summed E-state index contributed by atoms with van der Waals surface area (Å²) in [4.78, 5) is 1.51. The molecule has 3 nitrogen and oxygen atoms in total. The van der Waals surface area contributed by atoms with Crippen molar-refractivity contribution in [2.24, 2.45) is 0 Å². The van der Waals surface area contributed by atoms with Crippen molar-refractivity contribution in [2.75, 3.05) is 17.2 Å². The lowest BCUT2D eigenvalue weighted by molar-refractivity contribution is 0.591. The lowest BCUT2D eigenvalue weighted by Crippen LogP contribution is -2.15. The van der Waals surface area contributed by atoms with Gasteiger partial charge in [-0.25, -0.2) is 8.42 Å². The van der Waals surface area contributed by atoms with E-state index in [0.29, 0.717) is 10.6 Å². The molecule has 3 rings (SSSR count). The number of fused-ring (bicyclic) bond motifs is 1. The van der Waals surface area contributed by atoms with Crippen LogP contribution in [0.2, 0.25) is 0 Å². The molecule has 2 aromatic carbocycles. The zero-order valence-electron chi connectivity index (χ0n) is 10.8. The van der Waals surface area contributed by atoms with Crippen LogP contribution in [0.25, 0.3) is 0 Å². The summed E-state index contributed by atoms with van der Waals surface area (Å²) < 4.78 is 25.0. The normalized spacial score (nSPS) is 17.9. The molecule has 1 unspecified atom stereocenters. The van der Waals surface area contributed by atoms with Crippen molar-refractivity contribution in [1.82, 2.24) is 0 Å². The van der Waals surface area contributed by atoms with E-state index in [0.717, 1.165) is 11.3 Å². The molecule has 1 aliphatic rings. The van der Waals surface area contributed by atoms with Crippen LogP contribution in [0.3, 0.4) is 0 Å². The first-order chi connectivity index (χ1) is 9.56. The van der Waals surface area contributed by atoms with E-state index in [1.807, 2.05) is 24.3 Å². The maximum Gasteiger partial charge on any atom is 0.179 e. The van der Waals surface area contributed by atoms with E-state index in [2.05, 4.69) is 0 Å². The van der Waals surface area contributed by atoms with Crippen LogP contribution in [0.4, 0.5) is 5.69 Å². The molecule has 0 amide bonds. The fraction of sp³-hybridized carbons (Fsp3) is 0.200. The topological polar surface area (TPSA) is 60.2 Å². The van der Waals surface area contributed by atoms with Crippen molar-refractivity contribution in [3.63, 3.8) is 0 Å². The molecule has 2 aromatic rings. The third-order valence-corrected chi connectivity index (χ3v) is 6.50. The maximum absolute atomic E-state index is 12.5. The highest BCUT2D eigenvalue weighted by atomic mass is 32.2. The second-order valence-corrected chi connectivity index (χ2v) is 8.00. The van der Waals surface area contributed by atoms with Crippen molar-refractivity contribution >= 4 is 27.3 Å². The minimum Gasteiger partial charge on any atom is -0.399 e. The van der Waals surface area contributed by atoms with Gasteiger partial charge in [0.25, 0.3) is 0 Å². The zero-order chi connectivity index (χ0) is 14.2. The molecule has 0 saturated carbocycles. The molecule has 0 fully saturated rings. The Balaban J connectivity index is 1.89. The minimum atomic E-state index is -3.30. The van der Waals surface area contributed by atoms with Gasteiger partial charge in [0, 0.05) is 22.3 Å². The summed E-state index contributed by atoms with van der Waals surface area (Å²) in [5.41, 5.74) is 7.29. The SMILES string of the molecule is Nc1cccc(S(=O)(=O)CC2CSc3ccccc32)c1. The highest BCUT2D eigenvalue weighted by molar-refractivity contribution is 7.99. The Labute approximate surface area is 123 Å². The van der Waals surface area contributed by atoms with Crippen molar-refractivity contribution < 1.29 is 8.42 Å². The molecule has 0 aliphatic carbocycles. The van der Waals surface area contributed by atoms with E-state index >= 15 is 0 Å². The smallest absolute Gasteiger partial charge is 0.179 e. The van der Waals surface area contributed by atoms with Crippen LogP contribution in [-0.2, 0) is 9.84 Å². The van der Waals surface area contributed by atoms with Gasteiger partial charge in [0.05, 0.1) is 10.6 Å². The molecule has 1 aliphatic heterocycles. The van der Waals surface area contributed by atoms with Crippen LogP contribution in [0, 0.1) is 0 Å². The van der Waals surface area contributed by atoms with Crippen LogP contribution in [0.1, 0.15) is 11.5 Å². The Morgan fingerprint density at radius 2 is 1.95 bits per heavy atom. The van der Waals surface area contributed by atoms with Crippen LogP contribution in [-0.4, -0.2) is 19.9 Å². The van der Waals surface area contributed by atoms with Crippen LogP contribution in [0.5, 0.6) is 0 Å². The van der Waals surface area contributed by atoms with E-state index in [1.54, 1.807) is 30.0 Å². The number of nitrogen functional groups attached to an aromatic ring is 1. The second-order valence-electron chi connectivity index (χ2n) is 4.90. The highest BCUT2D eigenvalue weighted by Gasteiger charge is 2.28. The Hall–Kier alpha value is -1.46. The highest BCUT2D eigenvalue weighted by Crippen LogP contribution is 2.40. The van der Waals surface area contributed by atoms with E-state index < -0.39 is 9.84 Å². The Morgan fingerprint density at radius 3 is 2.75 bits per heavy atom. The van der Waals surface area contributed by atoms with E-state index in [4.69, 9.17) is 5.73 Å². The fourth-order valence-corrected chi connectivity index (χ4v) is 5.46. The Kier molecular flexibility index (Phi) is 3.48. The molecular formula is C15H15NO2S2. The number of hydrogen-bond donors (Lipinski definition) is 1. The summed E-state index contributed by atoms with van der Waals surface area (Å²) in [6.07, 6.45) is 0. The standard InChI is InChI=1S/C15H15NO2S2/c16-12-4-3-5-13(8-12)20(17,18)10-11-9-19-15-7-2-1-6-14(11)15/h1-8,11H,9-10,16H2. The zero-order valence-corrected chi connectivity index (χ0v) is 12.5. The van der Waals surface area contributed by atoms with Gasteiger partial charge in [0.2, 0.25) is 0 Å². The van der Waals surface area contributed by atoms with Crippen LogP contribution in [0.15, 0.2) is 58.3 Å². The summed E-state index contributed by atoms with van der Waals surface area (Å²) >= 11 is 1.73. The summed E-state index contributed by atoms with van der Waals surface area (Å²) in [5.74, 6) is 1.02. The van der Waals surface area contributed by atoms with Gasteiger partial charge in [-0.2, -0.15) is 0 Å². The maximum atomic E-state index is 12.5. The number of hydrogen-bond acceptors (Lipinski definition) is 4. The predicted octanol–water partition coefficient (Wildman–Crippen LogP) is 2.93. The second kappa shape index (κ2) is 5.14. The molecule has 0 spiro atoms. The van der Waals surface area contributed by atoms with Crippen LogP contribution >= 0.6 is 11.8 Å². The van der Waals surface area contributed by atoms with Crippen molar-refractivity contribution in [3.05, 3.63) is 54.1 Å².